The van der Waals surface area contributed by atoms with Gasteiger partial charge < -0.3 is 10.4 Å². The van der Waals surface area contributed by atoms with E-state index < -0.39 is 12.0 Å². The number of rotatable bonds is 8. The molecular weight excluding hydrogens is 298 g/mol. The Labute approximate surface area is 127 Å². The van der Waals surface area contributed by atoms with E-state index in [4.69, 9.17) is 16.7 Å². The van der Waals surface area contributed by atoms with Gasteiger partial charge >= 0.3 is 5.97 Å². The maximum Gasteiger partial charge on any atom is 0.326 e. The third kappa shape index (κ3) is 5.84. The minimum atomic E-state index is -0.987. The van der Waals surface area contributed by atoms with E-state index in [1.54, 1.807) is 6.07 Å². The zero-order valence-corrected chi connectivity index (χ0v) is 12.8. The van der Waals surface area contributed by atoms with E-state index in [1.807, 2.05) is 25.1 Å². The molecule has 0 radical (unpaired) electrons. The molecule has 0 aliphatic rings. The van der Waals surface area contributed by atoms with Gasteiger partial charge in [0.25, 0.3) is 0 Å². The number of halogens is 1. The lowest BCUT2D eigenvalue weighted by atomic mass is 10.1. The monoisotopic (exact) mass is 315 g/mol. The van der Waals surface area contributed by atoms with Crippen LogP contribution in [0.5, 0.6) is 0 Å². The molecule has 0 fully saturated rings. The van der Waals surface area contributed by atoms with Crippen LogP contribution in [-0.2, 0) is 9.59 Å². The molecule has 6 heteroatoms. The van der Waals surface area contributed by atoms with Crippen LogP contribution in [-0.4, -0.2) is 28.8 Å². The van der Waals surface area contributed by atoms with Crippen molar-refractivity contribution in [3.05, 3.63) is 29.3 Å². The lowest BCUT2D eigenvalue weighted by molar-refractivity contribution is -0.142. The minimum Gasteiger partial charge on any atom is -0.480 e. The van der Waals surface area contributed by atoms with Crippen molar-refractivity contribution in [2.75, 3.05) is 5.75 Å². The molecule has 4 nitrogen and oxygen atoms in total. The van der Waals surface area contributed by atoms with Crippen LogP contribution in [0, 0.1) is 0 Å². The fraction of sp³-hybridized carbons (Fsp3) is 0.429. The van der Waals surface area contributed by atoms with Crippen molar-refractivity contribution in [1.29, 1.82) is 0 Å². The first-order valence-corrected chi connectivity index (χ1v) is 7.80. The second-order valence-electron chi connectivity index (χ2n) is 4.28. The smallest absolute Gasteiger partial charge is 0.326 e. The summed E-state index contributed by atoms with van der Waals surface area (Å²) in [6.45, 7) is 1.88. The average Bonchev–Trinajstić information content (AvgIpc) is 2.40. The van der Waals surface area contributed by atoms with E-state index in [9.17, 15) is 9.59 Å². The molecule has 0 heterocycles. The second kappa shape index (κ2) is 8.87. The molecule has 110 valence electrons. The van der Waals surface area contributed by atoms with E-state index in [0.717, 1.165) is 4.90 Å². The van der Waals surface area contributed by atoms with Crippen molar-refractivity contribution in [1.82, 2.24) is 5.32 Å². The zero-order valence-electron chi connectivity index (χ0n) is 11.3. The molecule has 0 aromatic heterocycles. The van der Waals surface area contributed by atoms with Gasteiger partial charge in [0.1, 0.15) is 6.04 Å². The van der Waals surface area contributed by atoms with Gasteiger partial charge in [0.15, 0.2) is 0 Å². The lowest BCUT2D eigenvalue weighted by Crippen LogP contribution is -2.40. The summed E-state index contributed by atoms with van der Waals surface area (Å²) >= 11 is 7.49. The summed E-state index contributed by atoms with van der Waals surface area (Å²) in [5.41, 5.74) is 0. The molecule has 0 aliphatic carbocycles. The van der Waals surface area contributed by atoms with Gasteiger partial charge in [0.05, 0.1) is 5.02 Å². The highest BCUT2D eigenvalue weighted by Crippen LogP contribution is 2.26. The van der Waals surface area contributed by atoms with Gasteiger partial charge in [-0.1, -0.05) is 37.1 Å². The van der Waals surface area contributed by atoms with Gasteiger partial charge in [-0.2, -0.15) is 0 Å². The second-order valence-corrected chi connectivity index (χ2v) is 5.82. The van der Waals surface area contributed by atoms with Crippen LogP contribution in [0.15, 0.2) is 29.2 Å². The number of nitrogens with one attached hydrogen (secondary N) is 1. The normalized spacial score (nSPS) is 11.9. The van der Waals surface area contributed by atoms with Crippen LogP contribution < -0.4 is 5.32 Å². The van der Waals surface area contributed by atoms with Crippen LogP contribution in [0.1, 0.15) is 26.2 Å². The van der Waals surface area contributed by atoms with Crippen molar-refractivity contribution in [2.24, 2.45) is 0 Å². The summed E-state index contributed by atoms with van der Waals surface area (Å²) in [5.74, 6) is -0.669. The molecule has 1 aromatic carbocycles. The van der Waals surface area contributed by atoms with Crippen molar-refractivity contribution in [3.8, 4) is 0 Å². The Bertz CT molecular complexity index is 467. The molecule has 2 N–H and O–H groups in total. The SMILES string of the molecule is CCC[C@@H](NC(=O)CCSc1ccccc1Cl)C(=O)O. The van der Waals surface area contributed by atoms with Crippen LogP contribution in [0.4, 0.5) is 0 Å². The fourth-order valence-electron chi connectivity index (χ4n) is 1.63. The Morgan fingerprint density at radius 3 is 2.70 bits per heavy atom. The highest BCUT2D eigenvalue weighted by molar-refractivity contribution is 7.99. The molecule has 0 unspecified atom stereocenters. The lowest BCUT2D eigenvalue weighted by Gasteiger charge is -2.13. The number of carboxylic acids is 1. The molecule has 20 heavy (non-hydrogen) atoms. The van der Waals surface area contributed by atoms with Gasteiger partial charge in [-0.25, -0.2) is 4.79 Å². The third-order valence-corrected chi connectivity index (χ3v) is 4.15. The van der Waals surface area contributed by atoms with Crippen molar-refractivity contribution < 1.29 is 14.7 Å². The molecule has 0 saturated carbocycles. The predicted molar refractivity (Wildman–Crippen MR) is 81.3 cm³/mol. The van der Waals surface area contributed by atoms with E-state index in [1.165, 1.54) is 11.8 Å². The van der Waals surface area contributed by atoms with Crippen LogP contribution in [0.3, 0.4) is 0 Å². The van der Waals surface area contributed by atoms with E-state index >= 15 is 0 Å². The molecule has 0 bridgehead atoms. The molecule has 1 amide bonds. The Kier molecular flexibility index (Phi) is 7.47. The molecule has 0 aliphatic heterocycles. The summed E-state index contributed by atoms with van der Waals surface area (Å²) in [7, 11) is 0. The number of amides is 1. The van der Waals surface area contributed by atoms with Gasteiger partial charge in [-0.15, -0.1) is 11.8 Å². The van der Waals surface area contributed by atoms with Crippen molar-refractivity contribution in [2.45, 2.75) is 37.1 Å². The molecule has 1 aromatic rings. The molecule has 1 atom stereocenters. The number of carboxylic acid groups (broad SMARTS) is 1. The maximum atomic E-state index is 11.7. The summed E-state index contributed by atoms with van der Waals surface area (Å²) in [6, 6.07) is 6.63. The first-order valence-electron chi connectivity index (χ1n) is 6.44. The Morgan fingerprint density at radius 1 is 1.40 bits per heavy atom. The summed E-state index contributed by atoms with van der Waals surface area (Å²) in [5, 5.41) is 12.1. The van der Waals surface area contributed by atoms with Crippen LogP contribution in [0.2, 0.25) is 5.02 Å². The Balaban J connectivity index is 2.36. The largest absolute Gasteiger partial charge is 0.480 e. The first kappa shape index (κ1) is 16.9. The van der Waals surface area contributed by atoms with Gasteiger partial charge in [-0.05, 0) is 18.6 Å². The average molecular weight is 316 g/mol. The van der Waals surface area contributed by atoms with E-state index in [-0.39, 0.29) is 12.3 Å². The number of carbonyl (C=O) groups is 2. The summed E-state index contributed by atoms with van der Waals surface area (Å²) in [4.78, 5) is 23.5. The number of benzene rings is 1. The molecule has 0 spiro atoms. The maximum absolute atomic E-state index is 11.7. The quantitative estimate of drug-likeness (QED) is 0.723. The fourth-order valence-corrected chi connectivity index (χ4v) is 2.82. The topological polar surface area (TPSA) is 66.4 Å². The number of hydrogen-bond acceptors (Lipinski definition) is 3. The van der Waals surface area contributed by atoms with E-state index in [2.05, 4.69) is 5.32 Å². The third-order valence-electron chi connectivity index (χ3n) is 2.63. The summed E-state index contributed by atoms with van der Waals surface area (Å²) < 4.78 is 0. The van der Waals surface area contributed by atoms with Crippen LogP contribution >= 0.6 is 23.4 Å². The molecular formula is C14H18ClNO3S. The number of thioether (sulfide) groups is 1. The first-order chi connectivity index (χ1) is 9.54. The summed E-state index contributed by atoms with van der Waals surface area (Å²) in [6.07, 6.45) is 1.42. The molecule has 0 saturated heterocycles. The molecule has 1 rings (SSSR count). The highest BCUT2D eigenvalue weighted by atomic mass is 35.5. The van der Waals surface area contributed by atoms with Crippen molar-refractivity contribution in [3.63, 3.8) is 0 Å². The zero-order chi connectivity index (χ0) is 15.0. The Hall–Kier alpha value is -1.20. The number of carbonyl (C=O) groups excluding carboxylic acids is 1. The van der Waals surface area contributed by atoms with Gasteiger partial charge in [-0.3, -0.25) is 4.79 Å². The van der Waals surface area contributed by atoms with E-state index in [0.29, 0.717) is 23.6 Å². The van der Waals surface area contributed by atoms with Crippen LogP contribution in [0.25, 0.3) is 0 Å². The predicted octanol–water partition coefficient (Wildman–Crippen LogP) is 3.19. The number of aliphatic carboxylic acids is 1. The standard InChI is InChI=1S/C14H18ClNO3S/c1-2-5-11(14(18)19)16-13(17)8-9-20-12-7-4-3-6-10(12)15/h3-4,6-7,11H,2,5,8-9H2,1H3,(H,16,17)(H,18,19)/t11-/m1/s1. The number of hydrogen-bond donors (Lipinski definition) is 2. The minimum absolute atomic E-state index is 0.245. The van der Waals surface area contributed by atoms with Gasteiger partial charge in [0, 0.05) is 17.1 Å². The highest BCUT2D eigenvalue weighted by Gasteiger charge is 2.18. The van der Waals surface area contributed by atoms with Crippen molar-refractivity contribution >= 4 is 35.2 Å². The Morgan fingerprint density at radius 2 is 2.10 bits per heavy atom. The van der Waals surface area contributed by atoms with Gasteiger partial charge in [0.2, 0.25) is 5.91 Å².